The predicted molar refractivity (Wildman–Crippen MR) is 222 cm³/mol. The summed E-state index contributed by atoms with van der Waals surface area (Å²) in [4.78, 5) is 14.8. The number of fused-ring (bicyclic) bond motifs is 6. The van der Waals surface area contributed by atoms with Crippen LogP contribution in [-0.2, 0) is 5.41 Å². The molecule has 1 aliphatic carbocycles. The van der Waals surface area contributed by atoms with Gasteiger partial charge >= 0.3 is 0 Å². The predicted octanol–water partition coefficient (Wildman–Crippen LogP) is 12.8. The zero-order valence-corrected chi connectivity index (χ0v) is 30.5. The Kier molecular flexibility index (Phi) is 7.36. The third-order valence-electron chi connectivity index (χ3n) is 10.8. The first kappa shape index (κ1) is 32.0. The number of rotatable bonds is 5. The molecule has 0 spiro atoms. The van der Waals surface area contributed by atoms with E-state index < -0.39 is 0 Å². The first-order valence-corrected chi connectivity index (χ1v) is 18.9. The normalized spacial score (nSPS) is 12.8. The van der Waals surface area contributed by atoms with E-state index in [2.05, 4.69) is 111 Å². The summed E-state index contributed by atoms with van der Waals surface area (Å²) < 4.78 is 2.53. The van der Waals surface area contributed by atoms with Gasteiger partial charge in [-0.05, 0) is 68.8 Å². The highest BCUT2D eigenvalue weighted by atomic mass is 32.1. The molecule has 2 aromatic heterocycles. The number of nitrogens with zero attached hydrogens (tertiary/aromatic N) is 4. The fraction of sp³-hybridized carbons (Fsp3) is 0.0612. The Balaban J connectivity index is 1.08. The van der Waals surface area contributed by atoms with Gasteiger partial charge in [-0.2, -0.15) is 5.26 Å². The van der Waals surface area contributed by atoms with Crippen molar-refractivity contribution in [2.75, 3.05) is 0 Å². The Bertz CT molecular complexity index is 2900. The van der Waals surface area contributed by atoms with Gasteiger partial charge < -0.3 is 0 Å². The van der Waals surface area contributed by atoms with Gasteiger partial charge in [0.15, 0.2) is 17.5 Å². The molecule has 2 heterocycles. The maximum atomic E-state index is 9.63. The van der Waals surface area contributed by atoms with Crippen molar-refractivity contribution in [2.45, 2.75) is 19.3 Å². The highest BCUT2D eigenvalue weighted by Crippen LogP contribution is 2.51. The molecule has 0 bridgehead atoms. The van der Waals surface area contributed by atoms with Gasteiger partial charge in [0.2, 0.25) is 0 Å². The zero-order chi connectivity index (χ0) is 36.4. The van der Waals surface area contributed by atoms with Crippen molar-refractivity contribution in [3.05, 3.63) is 174 Å². The fourth-order valence-corrected chi connectivity index (χ4v) is 9.27. The summed E-state index contributed by atoms with van der Waals surface area (Å²) in [5.74, 6) is 1.94. The van der Waals surface area contributed by atoms with Crippen molar-refractivity contribution in [1.29, 1.82) is 5.26 Å². The van der Waals surface area contributed by atoms with Crippen molar-refractivity contribution in [3.63, 3.8) is 0 Å². The Morgan fingerprint density at radius 2 is 0.981 bits per heavy atom. The van der Waals surface area contributed by atoms with E-state index in [0.29, 0.717) is 23.0 Å². The summed E-state index contributed by atoms with van der Waals surface area (Å²) >= 11 is 1.85. The second-order valence-electron chi connectivity index (χ2n) is 14.3. The van der Waals surface area contributed by atoms with E-state index >= 15 is 0 Å². The summed E-state index contributed by atoms with van der Waals surface area (Å²) in [6.45, 7) is 4.54. The molecule has 0 radical (unpaired) electrons. The highest BCUT2D eigenvalue weighted by molar-refractivity contribution is 7.26. The van der Waals surface area contributed by atoms with Crippen LogP contribution in [0.3, 0.4) is 0 Å². The molecule has 1 aliphatic rings. The minimum Gasteiger partial charge on any atom is -0.208 e. The van der Waals surface area contributed by atoms with Gasteiger partial charge in [0, 0.05) is 42.3 Å². The molecular weight excluding hydrogens is 677 g/mol. The third kappa shape index (κ3) is 5.15. The lowest BCUT2D eigenvalue weighted by Gasteiger charge is -2.22. The van der Waals surface area contributed by atoms with Crippen molar-refractivity contribution in [2.24, 2.45) is 0 Å². The van der Waals surface area contributed by atoms with Gasteiger partial charge in [0.05, 0.1) is 11.6 Å². The first-order chi connectivity index (χ1) is 26.5. The monoisotopic (exact) mass is 708 g/mol. The first-order valence-electron chi connectivity index (χ1n) is 18.1. The fourth-order valence-electron chi connectivity index (χ4n) is 8.01. The molecule has 54 heavy (non-hydrogen) atoms. The lowest BCUT2D eigenvalue weighted by atomic mass is 9.81. The largest absolute Gasteiger partial charge is 0.208 e. The number of nitriles is 1. The van der Waals surface area contributed by atoms with Crippen molar-refractivity contribution in [1.82, 2.24) is 15.0 Å². The molecule has 0 unspecified atom stereocenters. The summed E-state index contributed by atoms with van der Waals surface area (Å²) in [7, 11) is 0. The van der Waals surface area contributed by atoms with Crippen LogP contribution < -0.4 is 0 Å². The van der Waals surface area contributed by atoms with Gasteiger partial charge in [-0.15, -0.1) is 11.3 Å². The van der Waals surface area contributed by atoms with Crippen LogP contribution in [0.15, 0.2) is 158 Å². The molecule has 9 aromatic rings. The molecule has 4 nitrogen and oxygen atoms in total. The summed E-state index contributed by atoms with van der Waals surface area (Å²) in [6.07, 6.45) is 0. The molecule has 0 atom stereocenters. The number of aromatic nitrogens is 3. The number of thiophene rings is 1. The summed E-state index contributed by atoms with van der Waals surface area (Å²) in [6, 6.07) is 57.4. The molecule has 10 rings (SSSR count). The Morgan fingerprint density at radius 1 is 0.481 bits per heavy atom. The van der Waals surface area contributed by atoms with Gasteiger partial charge in [-0.1, -0.05) is 147 Å². The Labute approximate surface area is 317 Å². The lowest BCUT2D eigenvalue weighted by Crippen LogP contribution is -2.15. The van der Waals surface area contributed by atoms with Crippen molar-refractivity contribution < 1.29 is 0 Å². The van der Waals surface area contributed by atoms with Gasteiger partial charge in [0.25, 0.3) is 0 Å². The van der Waals surface area contributed by atoms with E-state index in [4.69, 9.17) is 15.0 Å². The van der Waals surface area contributed by atoms with E-state index in [0.717, 1.165) is 22.3 Å². The summed E-state index contributed by atoms with van der Waals surface area (Å²) in [5, 5.41) is 12.2. The second kappa shape index (κ2) is 12.4. The van der Waals surface area contributed by atoms with Crippen molar-refractivity contribution >= 4 is 31.5 Å². The van der Waals surface area contributed by atoms with E-state index in [9.17, 15) is 5.26 Å². The number of benzene rings is 7. The lowest BCUT2D eigenvalue weighted by molar-refractivity contribution is 0.660. The molecule has 0 amide bonds. The Morgan fingerprint density at radius 3 is 1.63 bits per heavy atom. The molecule has 7 aromatic carbocycles. The number of hydrogen-bond donors (Lipinski definition) is 0. The van der Waals surface area contributed by atoms with Crippen LogP contribution >= 0.6 is 11.3 Å². The molecule has 0 aliphatic heterocycles. The van der Waals surface area contributed by atoms with Gasteiger partial charge in [-0.3, -0.25) is 0 Å². The van der Waals surface area contributed by atoms with E-state index in [1.807, 2.05) is 78.1 Å². The van der Waals surface area contributed by atoms with Crippen LogP contribution in [0.25, 0.3) is 87.7 Å². The minimum absolute atomic E-state index is 0.215. The Hall–Kier alpha value is -6.74. The molecule has 0 saturated carbocycles. The molecular formula is C49H32N4S. The molecule has 0 saturated heterocycles. The standard InChI is InChI=1S/C49H32N4S/c1-49(2)41-27-30(29-50)17-23-38(41)39-24-22-35(28-42(39)49)36-25-26-37(45-44(36)40-15-9-10-16-43(40)54-45)31-18-20-34(21-19-31)48-52-46(32-11-5-3-6-12-32)51-47(53-48)33-13-7-4-8-14-33/h3-28H,1-2H3. The molecule has 254 valence electrons. The number of hydrogen-bond acceptors (Lipinski definition) is 5. The molecule has 0 N–H and O–H groups in total. The topological polar surface area (TPSA) is 62.5 Å². The van der Waals surface area contributed by atoms with Crippen LogP contribution in [-0.4, -0.2) is 15.0 Å². The van der Waals surface area contributed by atoms with Crippen LogP contribution in [0.1, 0.15) is 30.5 Å². The minimum atomic E-state index is -0.215. The van der Waals surface area contributed by atoms with Crippen LogP contribution in [0.2, 0.25) is 0 Å². The maximum absolute atomic E-state index is 9.63. The van der Waals surface area contributed by atoms with Crippen molar-refractivity contribution in [3.8, 4) is 73.6 Å². The third-order valence-corrected chi connectivity index (χ3v) is 12.0. The van der Waals surface area contributed by atoms with E-state index in [1.54, 1.807) is 0 Å². The van der Waals surface area contributed by atoms with Crippen LogP contribution in [0, 0.1) is 11.3 Å². The highest BCUT2D eigenvalue weighted by Gasteiger charge is 2.36. The van der Waals surface area contributed by atoms with Crippen LogP contribution in [0.4, 0.5) is 0 Å². The molecule has 5 heteroatoms. The quantitative estimate of drug-likeness (QED) is 0.179. The SMILES string of the molecule is CC1(C)c2cc(C#N)ccc2-c2ccc(-c3ccc(-c4ccc(-c5nc(-c6ccccc6)nc(-c6ccccc6)n5)cc4)c4sc5ccccc5c34)cc21. The van der Waals surface area contributed by atoms with Gasteiger partial charge in [0.1, 0.15) is 0 Å². The zero-order valence-electron chi connectivity index (χ0n) is 29.7. The summed E-state index contributed by atoms with van der Waals surface area (Å²) in [5.41, 5.74) is 13.1. The molecule has 0 fully saturated rings. The van der Waals surface area contributed by atoms with Crippen LogP contribution in [0.5, 0.6) is 0 Å². The second-order valence-corrected chi connectivity index (χ2v) is 15.4. The smallest absolute Gasteiger partial charge is 0.164 e. The average molecular weight is 709 g/mol. The maximum Gasteiger partial charge on any atom is 0.164 e. The van der Waals surface area contributed by atoms with E-state index in [-0.39, 0.29) is 5.41 Å². The van der Waals surface area contributed by atoms with Gasteiger partial charge in [-0.25, -0.2) is 15.0 Å². The average Bonchev–Trinajstić information content (AvgIpc) is 3.73. The van der Waals surface area contributed by atoms with E-state index in [1.165, 1.54) is 59.1 Å².